The first-order valence-electron chi connectivity index (χ1n) is 7.77. The van der Waals surface area contributed by atoms with Crippen molar-refractivity contribution in [2.24, 2.45) is 0 Å². The van der Waals surface area contributed by atoms with Gasteiger partial charge < -0.3 is 9.15 Å². The van der Waals surface area contributed by atoms with Crippen LogP contribution >= 0.6 is 11.8 Å². The van der Waals surface area contributed by atoms with E-state index in [1.807, 2.05) is 0 Å². The van der Waals surface area contributed by atoms with Crippen LogP contribution in [-0.2, 0) is 4.79 Å². The average Bonchev–Trinajstić information content (AvgIpc) is 3.16. The monoisotopic (exact) mass is 406 g/mol. The van der Waals surface area contributed by atoms with Crippen LogP contribution in [0.4, 0.5) is 18.0 Å². The van der Waals surface area contributed by atoms with Gasteiger partial charge in [-0.05, 0) is 35.5 Å². The molecule has 2 amide bonds. The molecular formula is C18H9F3N2O4S. The molecule has 1 N–H and O–H groups in total. The molecule has 1 saturated heterocycles. The molecule has 0 bridgehead atoms. The van der Waals surface area contributed by atoms with Crippen LogP contribution in [0.2, 0.25) is 0 Å². The molecule has 0 aliphatic carbocycles. The lowest BCUT2D eigenvalue weighted by atomic mass is 10.1. The Balaban J connectivity index is 1.69. The lowest BCUT2D eigenvalue weighted by Crippen LogP contribution is -2.17. The van der Waals surface area contributed by atoms with Crippen LogP contribution < -0.4 is 10.1 Å². The molecule has 1 fully saturated rings. The molecule has 3 heterocycles. The third-order valence-corrected chi connectivity index (χ3v) is 4.57. The molecule has 3 aromatic rings. The molecular weight excluding hydrogens is 397 g/mol. The van der Waals surface area contributed by atoms with E-state index in [0.717, 1.165) is 11.8 Å². The molecule has 1 aliphatic heterocycles. The maximum Gasteiger partial charge on any atom is 0.573 e. The summed E-state index contributed by atoms with van der Waals surface area (Å²) in [7, 11) is 0. The van der Waals surface area contributed by atoms with Gasteiger partial charge in [-0.25, -0.2) is 0 Å². The molecule has 6 nitrogen and oxygen atoms in total. The number of alkyl halides is 3. The van der Waals surface area contributed by atoms with Crippen LogP contribution in [0.1, 0.15) is 5.76 Å². The Hall–Kier alpha value is -3.27. The lowest BCUT2D eigenvalue weighted by Gasteiger charge is -2.09. The van der Waals surface area contributed by atoms with Gasteiger partial charge in [-0.3, -0.25) is 19.9 Å². The predicted molar refractivity (Wildman–Crippen MR) is 95.2 cm³/mol. The molecule has 4 rings (SSSR count). The molecule has 10 heteroatoms. The average molecular weight is 406 g/mol. The van der Waals surface area contributed by atoms with E-state index in [0.29, 0.717) is 27.9 Å². The van der Waals surface area contributed by atoms with E-state index in [4.69, 9.17) is 4.42 Å². The Bertz CT molecular complexity index is 1120. The fourth-order valence-electron chi connectivity index (χ4n) is 2.65. The number of halogens is 3. The molecule has 1 aromatic carbocycles. The fraction of sp³-hybridized carbons (Fsp3) is 0.0556. The zero-order valence-corrected chi connectivity index (χ0v) is 14.6. The van der Waals surface area contributed by atoms with E-state index in [1.54, 1.807) is 12.3 Å². The summed E-state index contributed by atoms with van der Waals surface area (Å²) in [5.41, 5.74) is 1.57. The van der Waals surface area contributed by atoms with Crippen molar-refractivity contribution in [1.82, 2.24) is 10.3 Å². The Kier molecular flexibility index (Phi) is 4.34. The summed E-state index contributed by atoms with van der Waals surface area (Å²) in [6, 6.07) is 6.95. The molecule has 0 spiro atoms. The Labute approximate surface area is 159 Å². The van der Waals surface area contributed by atoms with Crippen LogP contribution in [0.25, 0.3) is 28.2 Å². The molecule has 0 atom stereocenters. The minimum atomic E-state index is -4.77. The number of carbonyl (C=O) groups excluding carboxylic acids is 2. The number of aromatic nitrogens is 1. The third-order valence-electron chi connectivity index (χ3n) is 3.76. The number of pyridine rings is 1. The second kappa shape index (κ2) is 6.71. The number of imide groups is 1. The number of fused-ring (bicyclic) bond motifs is 1. The topological polar surface area (TPSA) is 81.4 Å². The van der Waals surface area contributed by atoms with Gasteiger partial charge in [0, 0.05) is 29.4 Å². The number of amides is 2. The minimum absolute atomic E-state index is 0.201. The van der Waals surface area contributed by atoms with Crippen molar-refractivity contribution >= 4 is 40.0 Å². The first-order chi connectivity index (χ1) is 13.3. The van der Waals surface area contributed by atoms with Crippen LogP contribution in [0.15, 0.2) is 52.0 Å². The number of hydrogen-bond donors (Lipinski definition) is 1. The van der Waals surface area contributed by atoms with Gasteiger partial charge in [0.25, 0.3) is 11.1 Å². The highest BCUT2D eigenvalue weighted by Gasteiger charge is 2.31. The van der Waals surface area contributed by atoms with Gasteiger partial charge in [-0.1, -0.05) is 12.1 Å². The maximum absolute atomic E-state index is 12.3. The molecule has 0 saturated carbocycles. The maximum atomic E-state index is 12.3. The van der Waals surface area contributed by atoms with Crippen LogP contribution in [0, 0.1) is 0 Å². The second-order valence-corrected chi connectivity index (χ2v) is 6.69. The first-order valence-corrected chi connectivity index (χ1v) is 8.59. The number of ether oxygens (including phenoxy) is 1. The van der Waals surface area contributed by atoms with Gasteiger partial charge in [0.2, 0.25) is 0 Å². The quantitative estimate of drug-likeness (QED) is 0.634. The van der Waals surface area contributed by atoms with Gasteiger partial charge >= 0.3 is 6.36 Å². The molecule has 142 valence electrons. The summed E-state index contributed by atoms with van der Waals surface area (Å²) in [6.07, 6.45) is -0.255. The van der Waals surface area contributed by atoms with E-state index in [-0.39, 0.29) is 10.7 Å². The van der Waals surface area contributed by atoms with Crippen molar-refractivity contribution in [2.45, 2.75) is 6.36 Å². The highest BCUT2D eigenvalue weighted by molar-refractivity contribution is 8.18. The van der Waals surface area contributed by atoms with Gasteiger partial charge in [0.15, 0.2) is 0 Å². The number of benzene rings is 1. The van der Waals surface area contributed by atoms with Crippen molar-refractivity contribution < 1.29 is 31.9 Å². The number of carbonyl (C=O) groups is 2. The van der Waals surface area contributed by atoms with Crippen LogP contribution in [0.3, 0.4) is 0 Å². The third kappa shape index (κ3) is 3.72. The van der Waals surface area contributed by atoms with Crippen molar-refractivity contribution in [3.8, 4) is 16.9 Å². The van der Waals surface area contributed by atoms with E-state index < -0.39 is 17.5 Å². The minimum Gasteiger partial charge on any atom is -0.456 e. The fourth-order valence-corrected chi connectivity index (χ4v) is 3.31. The molecule has 1 aliphatic rings. The van der Waals surface area contributed by atoms with E-state index in [9.17, 15) is 22.8 Å². The number of furan rings is 1. The first kappa shape index (κ1) is 18.1. The Morgan fingerprint density at radius 2 is 1.89 bits per heavy atom. The predicted octanol–water partition coefficient (Wildman–Crippen LogP) is 4.72. The van der Waals surface area contributed by atoms with Crippen molar-refractivity contribution in [3.05, 3.63) is 53.4 Å². The van der Waals surface area contributed by atoms with Crippen LogP contribution in [-0.4, -0.2) is 22.5 Å². The zero-order chi connectivity index (χ0) is 19.9. The van der Waals surface area contributed by atoms with Gasteiger partial charge in [0.05, 0.1) is 4.91 Å². The highest BCUT2D eigenvalue weighted by atomic mass is 32.2. The summed E-state index contributed by atoms with van der Waals surface area (Å²) in [5.74, 6) is -0.502. The van der Waals surface area contributed by atoms with Crippen molar-refractivity contribution in [2.75, 3.05) is 0 Å². The van der Waals surface area contributed by atoms with Crippen molar-refractivity contribution in [1.29, 1.82) is 0 Å². The van der Waals surface area contributed by atoms with E-state index in [1.165, 1.54) is 36.5 Å². The zero-order valence-electron chi connectivity index (χ0n) is 13.7. The normalized spacial score (nSPS) is 16.0. The lowest BCUT2D eigenvalue weighted by molar-refractivity contribution is -0.274. The number of thioether (sulfide) groups is 1. The molecule has 0 radical (unpaired) electrons. The standard InChI is InChI=1S/C18H9F3N2O4S/c19-18(20,21)27-11-3-1-9(2-4-11)13-8-22-7-10-5-12(26-15(10)13)6-14-16(24)23-17(25)28-14/h1-8H,(H,23,24,25). The van der Waals surface area contributed by atoms with Gasteiger partial charge in [0.1, 0.15) is 17.1 Å². The molecule has 0 unspecified atom stereocenters. The Morgan fingerprint density at radius 3 is 2.54 bits per heavy atom. The van der Waals surface area contributed by atoms with E-state index >= 15 is 0 Å². The Morgan fingerprint density at radius 1 is 1.14 bits per heavy atom. The summed E-state index contributed by atoms with van der Waals surface area (Å²) >= 11 is 0.765. The smallest absolute Gasteiger partial charge is 0.456 e. The molecule has 2 aromatic heterocycles. The number of nitrogens with zero attached hydrogens (tertiary/aromatic N) is 1. The van der Waals surface area contributed by atoms with Crippen molar-refractivity contribution in [3.63, 3.8) is 0 Å². The largest absolute Gasteiger partial charge is 0.573 e. The number of nitrogens with one attached hydrogen (secondary N) is 1. The van der Waals surface area contributed by atoms with Gasteiger partial charge in [-0.2, -0.15) is 0 Å². The summed E-state index contributed by atoms with van der Waals surface area (Å²) in [5, 5.41) is 2.32. The summed E-state index contributed by atoms with van der Waals surface area (Å²) in [6.45, 7) is 0. The molecule has 28 heavy (non-hydrogen) atoms. The van der Waals surface area contributed by atoms with Crippen LogP contribution in [0.5, 0.6) is 5.75 Å². The summed E-state index contributed by atoms with van der Waals surface area (Å²) < 4.78 is 46.5. The SMILES string of the molecule is O=C1NC(=O)C(=Cc2cc3cncc(-c4ccc(OC(F)(F)F)cc4)c3o2)S1. The number of rotatable bonds is 3. The highest BCUT2D eigenvalue weighted by Crippen LogP contribution is 2.34. The van der Waals surface area contributed by atoms with Gasteiger partial charge in [-0.15, -0.1) is 13.2 Å². The van der Waals surface area contributed by atoms with E-state index in [2.05, 4.69) is 15.0 Å². The summed E-state index contributed by atoms with van der Waals surface area (Å²) in [4.78, 5) is 27.2. The second-order valence-electron chi connectivity index (χ2n) is 5.68. The number of hydrogen-bond acceptors (Lipinski definition) is 6.